The van der Waals surface area contributed by atoms with E-state index in [1.54, 1.807) is 0 Å². The van der Waals surface area contributed by atoms with Crippen LogP contribution in [0, 0.1) is 0 Å². The van der Waals surface area contributed by atoms with Gasteiger partial charge in [0, 0.05) is 32.7 Å². The average Bonchev–Trinajstić information content (AvgIpc) is 2.80. The zero-order valence-electron chi connectivity index (χ0n) is 17.6. The Bertz CT molecular complexity index is 1110. The largest absolute Gasteiger partial charge is 0.492 e. The highest BCUT2D eigenvalue weighted by atomic mass is 16.5. The van der Waals surface area contributed by atoms with E-state index < -0.39 is 0 Å². The minimum Gasteiger partial charge on any atom is -0.492 e. The smallest absolute Gasteiger partial charge is 0.142 e. The predicted octanol–water partition coefficient (Wildman–Crippen LogP) is 5.71. The molecule has 152 valence electrons. The van der Waals surface area contributed by atoms with Crippen LogP contribution in [0.3, 0.4) is 0 Å². The molecular formula is C27H28N2O. The molecule has 0 radical (unpaired) electrons. The van der Waals surface area contributed by atoms with Crippen molar-refractivity contribution in [2.75, 3.05) is 37.7 Å². The van der Waals surface area contributed by atoms with Crippen LogP contribution in [0.15, 0.2) is 78.9 Å². The molecule has 0 saturated carbocycles. The Labute approximate surface area is 178 Å². The number of rotatable bonds is 5. The molecule has 4 aromatic rings. The third kappa shape index (κ3) is 3.61. The van der Waals surface area contributed by atoms with Gasteiger partial charge in [0.05, 0.1) is 12.3 Å². The first-order valence-electron chi connectivity index (χ1n) is 10.9. The molecule has 0 aliphatic carbocycles. The highest BCUT2D eigenvalue weighted by molar-refractivity contribution is 6.02. The molecule has 0 bridgehead atoms. The second-order valence-corrected chi connectivity index (χ2v) is 7.96. The van der Waals surface area contributed by atoms with Crippen molar-refractivity contribution in [3.05, 3.63) is 84.4 Å². The molecule has 3 nitrogen and oxygen atoms in total. The van der Waals surface area contributed by atoms with Crippen molar-refractivity contribution in [2.24, 2.45) is 0 Å². The van der Waals surface area contributed by atoms with Crippen molar-refractivity contribution in [3.8, 4) is 5.75 Å². The molecule has 1 aliphatic heterocycles. The van der Waals surface area contributed by atoms with Gasteiger partial charge in [0.2, 0.25) is 0 Å². The lowest BCUT2D eigenvalue weighted by Gasteiger charge is -2.37. The van der Waals surface area contributed by atoms with E-state index in [0.717, 1.165) is 38.5 Å². The summed E-state index contributed by atoms with van der Waals surface area (Å²) >= 11 is 0. The molecule has 5 rings (SSSR count). The van der Waals surface area contributed by atoms with Crippen molar-refractivity contribution < 1.29 is 4.74 Å². The van der Waals surface area contributed by atoms with Gasteiger partial charge >= 0.3 is 0 Å². The first kappa shape index (κ1) is 19.0. The maximum Gasteiger partial charge on any atom is 0.142 e. The Morgan fingerprint density at radius 1 is 0.733 bits per heavy atom. The molecule has 0 unspecified atom stereocenters. The second kappa shape index (κ2) is 8.37. The topological polar surface area (TPSA) is 15.7 Å². The van der Waals surface area contributed by atoms with E-state index in [4.69, 9.17) is 4.74 Å². The molecule has 1 heterocycles. The zero-order valence-corrected chi connectivity index (χ0v) is 17.6. The fraction of sp³-hybridized carbons (Fsp3) is 0.259. The SMILES string of the molecule is CCOc1ccccc1N1CCN(Cc2c3ccccc3cc3ccccc23)CC1. The molecule has 3 heteroatoms. The van der Waals surface area contributed by atoms with Gasteiger partial charge < -0.3 is 9.64 Å². The molecule has 0 atom stereocenters. The normalized spacial score (nSPS) is 15.0. The lowest BCUT2D eigenvalue weighted by Crippen LogP contribution is -2.46. The number of nitrogens with zero attached hydrogens (tertiary/aromatic N) is 2. The van der Waals surface area contributed by atoms with E-state index in [1.807, 2.05) is 6.92 Å². The monoisotopic (exact) mass is 396 g/mol. The van der Waals surface area contributed by atoms with Crippen LogP contribution in [-0.4, -0.2) is 37.7 Å². The average molecular weight is 397 g/mol. The third-order valence-electron chi connectivity index (χ3n) is 6.14. The molecule has 30 heavy (non-hydrogen) atoms. The third-order valence-corrected chi connectivity index (χ3v) is 6.14. The lowest BCUT2D eigenvalue weighted by atomic mass is 9.96. The van der Waals surface area contributed by atoms with Gasteiger partial charge in [-0.15, -0.1) is 0 Å². The van der Waals surface area contributed by atoms with Crippen molar-refractivity contribution in [1.29, 1.82) is 0 Å². The van der Waals surface area contributed by atoms with E-state index in [2.05, 4.69) is 88.7 Å². The van der Waals surface area contributed by atoms with Crippen LogP contribution in [0.5, 0.6) is 5.75 Å². The van der Waals surface area contributed by atoms with Crippen LogP contribution in [0.4, 0.5) is 5.69 Å². The molecule has 0 spiro atoms. The van der Waals surface area contributed by atoms with Gasteiger partial charge in [0.1, 0.15) is 5.75 Å². The van der Waals surface area contributed by atoms with E-state index >= 15 is 0 Å². The summed E-state index contributed by atoms with van der Waals surface area (Å²) in [6.07, 6.45) is 0. The van der Waals surface area contributed by atoms with Crippen molar-refractivity contribution >= 4 is 27.2 Å². The Morgan fingerprint density at radius 3 is 2.00 bits per heavy atom. The molecule has 0 aromatic heterocycles. The molecular weight excluding hydrogens is 368 g/mol. The molecule has 0 N–H and O–H groups in total. The summed E-state index contributed by atoms with van der Waals surface area (Å²) in [4.78, 5) is 5.05. The Morgan fingerprint density at radius 2 is 1.33 bits per heavy atom. The predicted molar refractivity (Wildman–Crippen MR) is 127 cm³/mol. The number of piperazine rings is 1. The van der Waals surface area contributed by atoms with E-state index in [0.29, 0.717) is 6.61 Å². The minimum atomic E-state index is 0.700. The standard InChI is InChI=1S/C27H28N2O/c1-2-30-27-14-8-7-13-26(27)29-17-15-28(16-18-29)20-25-23-11-5-3-9-21(23)19-22-10-4-6-12-24(22)25/h3-14,19H,2,15-18,20H2,1H3. The zero-order chi connectivity index (χ0) is 20.3. The summed E-state index contributed by atoms with van der Waals surface area (Å²) in [7, 11) is 0. The van der Waals surface area contributed by atoms with Gasteiger partial charge in [-0.2, -0.15) is 0 Å². The van der Waals surface area contributed by atoms with Crippen LogP contribution < -0.4 is 9.64 Å². The summed E-state index contributed by atoms with van der Waals surface area (Å²) in [6, 6.07) is 28.3. The maximum atomic E-state index is 5.85. The summed E-state index contributed by atoms with van der Waals surface area (Å²) in [6.45, 7) is 7.88. The summed E-state index contributed by atoms with van der Waals surface area (Å²) in [5, 5.41) is 5.41. The number of ether oxygens (including phenoxy) is 1. The van der Waals surface area contributed by atoms with Crippen LogP contribution in [0.25, 0.3) is 21.5 Å². The molecule has 4 aromatic carbocycles. The highest BCUT2D eigenvalue weighted by Gasteiger charge is 2.21. The summed E-state index contributed by atoms with van der Waals surface area (Å²) in [5.74, 6) is 0.994. The first-order chi connectivity index (χ1) is 14.8. The number of para-hydroxylation sites is 2. The lowest BCUT2D eigenvalue weighted by molar-refractivity contribution is 0.250. The summed E-state index contributed by atoms with van der Waals surface area (Å²) in [5.41, 5.74) is 2.67. The van der Waals surface area contributed by atoms with Crippen molar-refractivity contribution in [3.63, 3.8) is 0 Å². The van der Waals surface area contributed by atoms with Gasteiger partial charge in [-0.25, -0.2) is 0 Å². The molecule has 1 aliphatic rings. The molecule has 1 fully saturated rings. The van der Waals surface area contributed by atoms with Gasteiger partial charge in [-0.1, -0.05) is 60.7 Å². The summed E-state index contributed by atoms with van der Waals surface area (Å²) < 4.78 is 5.85. The number of benzene rings is 4. The number of hydrogen-bond donors (Lipinski definition) is 0. The fourth-order valence-corrected chi connectivity index (χ4v) is 4.64. The first-order valence-corrected chi connectivity index (χ1v) is 10.9. The Hall–Kier alpha value is -3.04. The van der Waals surface area contributed by atoms with Crippen LogP contribution in [0.2, 0.25) is 0 Å². The maximum absolute atomic E-state index is 5.85. The van der Waals surface area contributed by atoms with Crippen molar-refractivity contribution in [2.45, 2.75) is 13.5 Å². The molecule has 0 amide bonds. The van der Waals surface area contributed by atoms with Crippen LogP contribution >= 0.6 is 0 Å². The minimum absolute atomic E-state index is 0.700. The molecule has 1 saturated heterocycles. The quantitative estimate of drug-likeness (QED) is 0.402. The van der Waals surface area contributed by atoms with Crippen LogP contribution in [-0.2, 0) is 6.54 Å². The fourth-order valence-electron chi connectivity index (χ4n) is 4.64. The Kier molecular flexibility index (Phi) is 5.29. The van der Waals surface area contributed by atoms with Crippen LogP contribution in [0.1, 0.15) is 12.5 Å². The van der Waals surface area contributed by atoms with Gasteiger partial charge in [0.15, 0.2) is 0 Å². The van der Waals surface area contributed by atoms with Gasteiger partial charge in [0.25, 0.3) is 0 Å². The van der Waals surface area contributed by atoms with Gasteiger partial charge in [-0.05, 0) is 52.2 Å². The van der Waals surface area contributed by atoms with E-state index in [1.165, 1.54) is 32.8 Å². The highest BCUT2D eigenvalue weighted by Crippen LogP contribution is 2.31. The number of anilines is 1. The van der Waals surface area contributed by atoms with Gasteiger partial charge in [-0.3, -0.25) is 4.90 Å². The van der Waals surface area contributed by atoms with E-state index in [-0.39, 0.29) is 0 Å². The number of fused-ring (bicyclic) bond motifs is 2. The second-order valence-electron chi connectivity index (χ2n) is 7.96. The number of hydrogen-bond acceptors (Lipinski definition) is 3. The van der Waals surface area contributed by atoms with E-state index in [9.17, 15) is 0 Å². The Balaban J connectivity index is 1.39. The van der Waals surface area contributed by atoms with Crippen molar-refractivity contribution in [1.82, 2.24) is 4.90 Å².